The SMILES string of the molecule is CN(CCc1nccs1)C(=O)c1ccc(Br)cc1. The van der Waals surface area contributed by atoms with Crippen LogP contribution >= 0.6 is 27.3 Å². The van der Waals surface area contributed by atoms with Gasteiger partial charge < -0.3 is 4.90 Å². The number of aromatic nitrogens is 1. The van der Waals surface area contributed by atoms with Crippen molar-refractivity contribution in [2.45, 2.75) is 6.42 Å². The predicted molar refractivity (Wildman–Crippen MR) is 76.9 cm³/mol. The molecule has 0 atom stereocenters. The lowest BCUT2D eigenvalue weighted by Gasteiger charge is -2.16. The van der Waals surface area contributed by atoms with Gasteiger partial charge in [-0.2, -0.15) is 0 Å². The van der Waals surface area contributed by atoms with Gasteiger partial charge in [-0.25, -0.2) is 4.98 Å². The van der Waals surface area contributed by atoms with E-state index < -0.39 is 0 Å². The van der Waals surface area contributed by atoms with Crippen LogP contribution in [0.1, 0.15) is 15.4 Å². The summed E-state index contributed by atoms with van der Waals surface area (Å²) in [5, 5.41) is 3.01. The molecule has 0 fully saturated rings. The molecule has 0 unspecified atom stereocenters. The molecule has 2 rings (SSSR count). The number of hydrogen-bond acceptors (Lipinski definition) is 3. The van der Waals surface area contributed by atoms with Crippen LogP contribution in [0.3, 0.4) is 0 Å². The average molecular weight is 325 g/mol. The summed E-state index contributed by atoms with van der Waals surface area (Å²) in [6, 6.07) is 7.41. The second-order valence-electron chi connectivity index (χ2n) is 3.91. The number of hydrogen-bond donors (Lipinski definition) is 0. The number of halogens is 1. The van der Waals surface area contributed by atoms with Crippen molar-refractivity contribution in [1.82, 2.24) is 9.88 Å². The number of rotatable bonds is 4. The van der Waals surface area contributed by atoms with E-state index in [1.165, 1.54) is 0 Å². The number of thiazole rings is 1. The standard InChI is InChI=1S/C13H13BrN2OS/c1-16(8-6-12-15-7-9-18-12)13(17)10-2-4-11(14)5-3-10/h2-5,7,9H,6,8H2,1H3. The van der Waals surface area contributed by atoms with Crippen molar-refractivity contribution in [3.8, 4) is 0 Å². The number of carbonyl (C=O) groups excluding carboxylic acids is 1. The molecule has 3 nitrogen and oxygen atoms in total. The molecule has 2 aromatic rings. The highest BCUT2D eigenvalue weighted by Crippen LogP contribution is 2.12. The van der Waals surface area contributed by atoms with Gasteiger partial charge in [-0.3, -0.25) is 4.79 Å². The van der Waals surface area contributed by atoms with E-state index in [0.717, 1.165) is 15.9 Å². The molecule has 1 aromatic carbocycles. The summed E-state index contributed by atoms with van der Waals surface area (Å²) in [6.45, 7) is 0.683. The fourth-order valence-corrected chi connectivity index (χ4v) is 2.43. The van der Waals surface area contributed by atoms with E-state index in [0.29, 0.717) is 12.1 Å². The topological polar surface area (TPSA) is 33.2 Å². The van der Waals surface area contributed by atoms with Gasteiger partial charge in [0.05, 0.1) is 5.01 Å². The molecule has 18 heavy (non-hydrogen) atoms. The molecule has 0 aliphatic carbocycles. The highest BCUT2D eigenvalue weighted by Gasteiger charge is 2.11. The highest BCUT2D eigenvalue weighted by atomic mass is 79.9. The van der Waals surface area contributed by atoms with Gasteiger partial charge in [-0.15, -0.1) is 11.3 Å². The molecule has 0 spiro atoms. The van der Waals surface area contributed by atoms with Crippen LogP contribution in [0.4, 0.5) is 0 Å². The molecule has 5 heteroatoms. The zero-order valence-electron chi connectivity index (χ0n) is 9.97. The van der Waals surface area contributed by atoms with Gasteiger partial charge in [0.15, 0.2) is 0 Å². The lowest BCUT2D eigenvalue weighted by molar-refractivity contribution is 0.0796. The molecule has 1 heterocycles. The normalized spacial score (nSPS) is 10.3. The molecule has 0 N–H and O–H groups in total. The minimum absolute atomic E-state index is 0.0408. The molecule has 1 aromatic heterocycles. The van der Waals surface area contributed by atoms with Gasteiger partial charge in [0, 0.05) is 41.6 Å². The zero-order valence-corrected chi connectivity index (χ0v) is 12.4. The number of benzene rings is 1. The van der Waals surface area contributed by atoms with E-state index in [1.807, 2.05) is 36.7 Å². The monoisotopic (exact) mass is 324 g/mol. The first-order valence-corrected chi connectivity index (χ1v) is 7.23. The van der Waals surface area contributed by atoms with E-state index in [9.17, 15) is 4.79 Å². The van der Waals surface area contributed by atoms with E-state index >= 15 is 0 Å². The maximum absolute atomic E-state index is 12.1. The summed E-state index contributed by atoms with van der Waals surface area (Å²) in [5.74, 6) is 0.0408. The zero-order chi connectivity index (χ0) is 13.0. The summed E-state index contributed by atoms with van der Waals surface area (Å²) in [7, 11) is 1.82. The first-order chi connectivity index (χ1) is 8.66. The van der Waals surface area contributed by atoms with Crippen molar-refractivity contribution in [2.75, 3.05) is 13.6 Å². The Kier molecular flexibility index (Phi) is 4.49. The Bertz CT molecular complexity index is 510. The van der Waals surface area contributed by atoms with Crippen LogP contribution in [0.15, 0.2) is 40.3 Å². The number of amides is 1. The molecular weight excluding hydrogens is 312 g/mol. The van der Waals surface area contributed by atoms with Crippen molar-refractivity contribution >= 4 is 33.2 Å². The summed E-state index contributed by atoms with van der Waals surface area (Å²) in [5.41, 5.74) is 0.708. The molecule has 94 valence electrons. The van der Waals surface area contributed by atoms with Crippen LogP contribution in [-0.4, -0.2) is 29.4 Å². The maximum atomic E-state index is 12.1. The van der Waals surface area contributed by atoms with Crippen molar-refractivity contribution in [1.29, 1.82) is 0 Å². The molecule has 0 aliphatic rings. The number of carbonyl (C=O) groups is 1. The van der Waals surface area contributed by atoms with Gasteiger partial charge in [0.2, 0.25) is 0 Å². The van der Waals surface area contributed by atoms with Crippen molar-refractivity contribution in [3.63, 3.8) is 0 Å². The Morgan fingerprint density at radius 1 is 1.39 bits per heavy atom. The lowest BCUT2D eigenvalue weighted by atomic mass is 10.2. The van der Waals surface area contributed by atoms with Gasteiger partial charge in [-0.1, -0.05) is 15.9 Å². The minimum Gasteiger partial charge on any atom is -0.341 e. The Hall–Kier alpha value is -1.20. The summed E-state index contributed by atoms with van der Waals surface area (Å²) >= 11 is 4.98. The first kappa shape index (κ1) is 13.2. The predicted octanol–water partition coefficient (Wildman–Crippen LogP) is 3.22. The fourth-order valence-electron chi connectivity index (χ4n) is 1.55. The quantitative estimate of drug-likeness (QED) is 0.865. The van der Waals surface area contributed by atoms with Crippen LogP contribution in [0, 0.1) is 0 Å². The van der Waals surface area contributed by atoms with Gasteiger partial charge in [0.25, 0.3) is 5.91 Å². The van der Waals surface area contributed by atoms with E-state index in [-0.39, 0.29) is 5.91 Å². The van der Waals surface area contributed by atoms with E-state index in [1.54, 1.807) is 22.4 Å². The van der Waals surface area contributed by atoms with Crippen LogP contribution in [0.25, 0.3) is 0 Å². The molecule has 1 amide bonds. The van der Waals surface area contributed by atoms with Crippen molar-refractivity contribution in [3.05, 3.63) is 50.9 Å². The highest BCUT2D eigenvalue weighted by molar-refractivity contribution is 9.10. The molecule has 0 saturated carbocycles. The van der Waals surface area contributed by atoms with E-state index in [4.69, 9.17) is 0 Å². The van der Waals surface area contributed by atoms with Gasteiger partial charge in [0.1, 0.15) is 0 Å². The van der Waals surface area contributed by atoms with Crippen molar-refractivity contribution < 1.29 is 4.79 Å². The van der Waals surface area contributed by atoms with Gasteiger partial charge in [-0.05, 0) is 24.3 Å². The molecule has 0 saturated heterocycles. The van der Waals surface area contributed by atoms with Gasteiger partial charge >= 0.3 is 0 Å². The van der Waals surface area contributed by atoms with Crippen LogP contribution in [0.5, 0.6) is 0 Å². The van der Waals surface area contributed by atoms with E-state index in [2.05, 4.69) is 20.9 Å². The van der Waals surface area contributed by atoms with Crippen LogP contribution in [-0.2, 0) is 6.42 Å². The maximum Gasteiger partial charge on any atom is 0.253 e. The second-order valence-corrected chi connectivity index (χ2v) is 5.80. The molecular formula is C13H13BrN2OS. The molecule has 0 bridgehead atoms. The summed E-state index contributed by atoms with van der Waals surface area (Å²) in [6.07, 6.45) is 2.59. The Labute approximate surface area is 119 Å². The largest absolute Gasteiger partial charge is 0.341 e. The Balaban J connectivity index is 1.94. The van der Waals surface area contributed by atoms with Crippen LogP contribution < -0.4 is 0 Å². The second kappa shape index (κ2) is 6.11. The number of nitrogens with zero attached hydrogens (tertiary/aromatic N) is 2. The average Bonchev–Trinajstić information content (AvgIpc) is 2.89. The number of likely N-dealkylation sites (N-methyl/N-ethyl adjacent to an activating group) is 1. The molecule has 0 aliphatic heterocycles. The summed E-state index contributed by atoms with van der Waals surface area (Å²) in [4.78, 5) is 18.0. The first-order valence-electron chi connectivity index (χ1n) is 5.56. The fraction of sp³-hybridized carbons (Fsp3) is 0.231. The third-order valence-electron chi connectivity index (χ3n) is 2.58. The lowest BCUT2D eigenvalue weighted by Crippen LogP contribution is -2.28. The molecule has 0 radical (unpaired) electrons. The third kappa shape index (κ3) is 3.40. The van der Waals surface area contributed by atoms with Crippen molar-refractivity contribution in [2.24, 2.45) is 0 Å². The van der Waals surface area contributed by atoms with Crippen LogP contribution in [0.2, 0.25) is 0 Å². The smallest absolute Gasteiger partial charge is 0.253 e. The summed E-state index contributed by atoms with van der Waals surface area (Å²) < 4.78 is 0.976. The minimum atomic E-state index is 0.0408. The third-order valence-corrected chi connectivity index (χ3v) is 3.95. The Morgan fingerprint density at radius 2 is 2.11 bits per heavy atom. The Morgan fingerprint density at radius 3 is 2.72 bits per heavy atom.